The van der Waals surface area contributed by atoms with Crippen LogP contribution in [-0.4, -0.2) is 37.3 Å². The second kappa shape index (κ2) is 13.9. The van der Waals surface area contributed by atoms with E-state index in [1.807, 2.05) is 54.6 Å². The maximum atomic E-state index is 13.7. The highest BCUT2D eigenvalue weighted by molar-refractivity contribution is 5.81. The average molecular weight is 573 g/mol. The van der Waals surface area contributed by atoms with Crippen molar-refractivity contribution in [2.75, 3.05) is 13.2 Å². The van der Waals surface area contributed by atoms with E-state index in [-0.39, 0.29) is 13.2 Å². The molecule has 0 atom stereocenters. The van der Waals surface area contributed by atoms with Gasteiger partial charge in [0.2, 0.25) is 0 Å². The van der Waals surface area contributed by atoms with Crippen molar-refractivity contribution in [2.24, 2.45) is 0 Å². The van der Waals surface area contributed by atoms with Gasteiger partial charge < -0.3 is 9.47 Å². The van der Waals surface area contributed by atoms with Crippen LogP contribution < -0.4 is 0 Å². The summed E-state index contributed by atoms with van der Waals surface area (Å²) in [5.41, 5.74) is 4.90. The summed E-state index contributed by atoms with van der Waals surface area (Å²) in [6, 6.07) is 19.6. The molecule has 3 aromatic carbocycles. The van der Waals surface area contributed by atoms with Crippen LogP contribution in [0.5, 0.6) is 0 Å². The molecule has 0 aliphatic rings. The standard InChI is InChI=1S/C32H29F5O4/c1-3-29(38)40-17-14-22-5-9-25(10-6-22)27-19-24(13-16-31(33,34)32(35,36)37)20-28(21-27)26-11-7-23(8-12-26)15-18-41-30(39)4-2/h3-12,19-21H,1-2,13-18H2. The summed E-state index contributed by atoms with van der Waals surface area (Å²) >= 11 is 0. The number of hydrogen-bond acceptors (Lipinski definition) is 4. The van der Waals surface area contributed by atoms with Crippen LogP contribution in [0.3, 0.4) is 0 Å². The van der Waals surface area contributed by atoms with Crippen LogP contribution in [0.4, 0.5) is 22.0 Å². The molecular weight excluding hydrogens is 543 g/mol. The van der Waals surface area contributed by atoms with Crippen molar-refractivity contribution >= 4 is 11.9 Å². The Morgan fingerprint density at radius 3 is 1.39 bits per heavy atom. The van der Waals surface area contributed by atoms with Crippen LogP contribution in [0.25, 0.3) is 22.3 Å². The van der Waals surface area contributed by atoms with E-state index in [0.717, 1.165) is 34.4 Å². The van der Waals surface area contributed by atoms with Gasteiger partial charge in [0, 0.05) is 31.4 Å². The number of ether oxygens (including phenoxy) is 2. The quantitative estimate of drug-likeness (QED) is 0.120. The number of hydrogen-bond donors (Lipinski definition) is 0. The Kier molecular flexibility index (Phi) is 10.6. The van der Waals surface area contributed by atoms with Crippen LogP contribution in [0.1, 0.15) is 23.1 Å². The highest BCUT2D eigenvalue weighted by Crippen LogP contribution is 2.39. The molecule has 3 aromatic rings. The van der Waals surface area contributed by atoms with E-state index in [2.05, 4.69) is 13.2 Å². The number of carbonyl (C=O) groups excluding carboxylic acids is 2. The summed E-state index contributed by atoms with van der Waals surface area (Å²) in [6.07, 6.45) is -4.39. The van der Waals surface area contributed by atoms with Crippen molar-refractivity contribution in [3.05, 3.63) is 109 Å². The van der Waals surface area contributed by atoms with E-state index in [0.29, 0.717) is 29.5 Å². The Morgan fingerprint density at radius 1 is 0.610 bits per heavy atom. The van der Waals surface area contributed by atoms with E-state index in [9.17, 15) is 31.5 Å². The fourth-order valence-corrected chi connectivity index (χ4v) is 4.00. The van der Waals surface area contributed by atoms with E-state index in [4.69, 9.17) is 9.47 Å². The molecule has 41 heavy (non-hydrogen) atoms. The number of halogens is 5. The molecular formula is C32H29F5O4. The third-order valence-corrected chi connectivity index (χ3v) is 6.31. The number of carbonyl (C=O) groups is 2. The molecule has 0 radical (unpaired) electrons. The normalized spacial score (nSPS) is 11.5. The maximum absolute atomic E-state index is 13.7. The molecule has 0 spiro atoms. The molecule has 216 valence electrons. The third kappa shape index (κ3) is 9.13. The number of esters is 2. The minimum absolute atomic E-state index is 0.171. The Balaban J connectivity index is 1.86. The molecule has 4 nitrogen and oxygen atoms in total. The van der Waals surface area contributed by atoms with Crippen molar-refractivity contribution in [3.8, 4) is 22.3 Å². The zero-order valence-electron chi connectivity index (χ0n) is 22.2. The fourth-order valence-electron chi connectivity index (χ4n) is 4.00. The predicted octanol–water partition coefficient (Wildman–Crippen LogP) is 7.69. The van der Waals surface area contributed by atoms with Gasteiger partial charge in [-0.1, -0.05) is 73.8 Å². The molecule has 3 rings (SSSR count). The van der Waals surface area contributed by atoms with Crippen molar-refractivity contribution in [3.63, 3.8) is 0 Å². The van der Waals surface area contributed by atoms with Gasteiger partial charge in [0.1, 0.15) is 0 Å². The smallest absolute Gasteiger partial charge is 0.453 e. The lowest BCUT2D eigenvalue weighted by molar-refractivity contribution is -0.284. The van der Waals surface area contributed by atoms with Gasteiger partial charge in [0.05, 0.1) is 13.2 Å². The van der Waals surface area contributed by atoms with Crippen LogP contribution in [0, 0.1) is 0 Å². The molecule has 0 fully saturated rings. The van der Waals surface area contributed by atoms with Crippen LogP contribution in [-0.2, 0) is 38.3 Å². The minimum atomic E-state index is -5.63. The van der Waals surface area contributed by atoms with Gasteiger partial charge in [-0.25, -0.2) is 9.59 Å². The van der Waals surface area contributed by atoms with Crippen LogP contribution >= 0.6 is 0 Å². The summed E-state index contributed by atoms with van der Waals surface area (Å²) in [5, 5.41) is 0. The first kappa shape index (κ1) is 31.3. The van der Waals surface area contributed by atoms with E-state index < -0.39 is 36.9 Å². The van der Waals surface area contributed by atoms with Gasteiger partial charge in [-0.15, -0.1) is 0 Å². The Hall–Kier alpha value is -4.27. The summed E-state index contributed by atoms with van der Waals surface area (Å²) in [7, 11) is 0. The first-order valence-electron chi connectivity index (χ1n) is 12.8. The number of aryl methyl sites for hydroxylation is 1. The highest BCUT2D eigenvalue weighted by Gasteiger charge is 2.56. The fraction of sp³-hybridized carbons (Fsp3) is 0.250. The van der Waals surface area contributed by atoms with Gasteiger partial charge >= 0.3 is 24.0 Å². The highest BCUT2D eigenvalue weighted by atomic mass is 19.4. The van der Waals surface area contributed by atoms with Crippen LogP contribution in [0.2, 0.25) is 0 Å². The third-order valence-electron chi connectivity index (χ3n) is 6.31. The van der Waals surface area contributed by atoms with Crippen molar-refractivity contribution in [1.82, 2.24) is 0 Å². The first-order chi connectivity index (χ1) is 19.4. The molecule has 0 heterocycles. The van der Waals surface area contributed by atoms with Gasteiger partial charge in [-0.3, -0.25) is 0 Å². The summed E-state index contributed by atoms with van der Waals surface area (Å²) in [6.45, 7) is 7.02. The van der Waals surface area contributed by atoms with Crippen molar-refractivity contribution in [2.45, 2.75) is 37.8 Å². The largest absolute Gasteiger partial charge is 0.462 e. The molecule has 0 aliphatic heterocycles. The van der Waals surface area contributed by atoms with Gasteiger partial charge in [-0.2, -0.15) is 22.0 Å². The minimum Gasteiger partial charge on any atom is -0.462 e. The molecule has 9 heteroatoms. The monoisotopic (exact) mass is 572 g/mol. The van der Waals surface area contributed by atoms with E-state index >= 15 is 0 Å². The second-order valence-electron chi connectivity index (χ2n) is 9.26. The summed E-state index contributed by atoms with van der Waals surface area (Å²) < 4.78 is 75.8. The first-order valence-corrected chi connectivity index (χ1v) is 12.8. The molecule has 0 bridgehead atoms. The molecule has 0 aromatic heterocycles. The average Bonchev–Trinajstić information content (AvgIpc) is 2.96. The molecule has 0 N–H and O–H groups in total. The number of rotatable bonds is 13. The van der Waals surface area contributed by atoms with E-state index in [1.54, 1.807) is 12.1 Å². The van der Waals surface area contributed by atoms with Gasteiger partial charge in [0.15, 0.2) is 0 Å². The SMILES string of the molecule is C=CC(=O)OCCc1ccc(-c2cc(CCC(F)(F)C(F)(F)F)cc(-c3ccc(CCOC(=O)C=C)cc3)c2)cc1. The molecule has 0 aliphatic carbocycles. The summed E-state index contributed by atoms with van der Waals surface area (Å²) in [4.78, 5) is 22.4. The predicted molar refractivity (Wildman–Crippen MR) is 146 cm³/mol. The molecule has 0 unspecified atom stereocenters. The van der Waals surface area contributed by atoms with E-state index in [1.165, 1.54) is 0 Å². The number of benzene rings is 3. The lowest BCUT2D eigenvalue weighted by Crippen LogP contribution is -2.36. The molecule has 0 saturated carbocycles. The zero-order valence-corrected chi connectivity index (χ0v) is 22.2. The molecule has 0 saturated heterocycles. The lowest BCUT2D eigenvalue weighted by atomic mass is 9.93. The van der Waals surface area contributed by atoms with Crippen LogP contribution in [0.15, 0.2) is 92.0 Å². The summed E-state index contributed by atoms with van der Waals surface area (Å²) in [5.74, 6) is -5.85. The Bertz CT molecular complexity index is 1270. The van der Waals surface area contributed by atoms with Gasteiger partial charge in [-0.05, 0) is 51.4 Å². The lowest BCUT2D eigenvalue weighted by Gasteiger charge is -2.20. The topological polar surface area (TPSA) is 52.6 Å². The number of alkyl halides is 5. The Labute approximate surface area is 235 Å². The molecule has 0 amide bonds. The maximum Gasteiger partial charge on any atom is 0.453 e. The van der Waals surface area contributed by atoms with Gasteiger partial charge in [0.25, 0.3) is 0 Å². The Morgan fingerprint density at radius 2 is 1.02 bits per heavy atom. The zero-order chi connectivity index (χ0) is 30.0. The van der Waals surface area contributed by atoms with Crippen molar-refractivity contribution in [1.29, 1.82) is 0 Å². The second-order valence-corrected chi connectivity index (χ2v) is 9.26. The van der Waals surface area contributed by atoms with Crippen molar-refractivity contribution < 1.29 is 41.0 Å².